The van der Waals surface area contributed by atoms with Crippen molar-refractivity contribution in [3.8, 4) is 0 Å². The molecule has 1 fully saturated rings. The van der Waals surface area contributed by atoms with Crippen molar-refractivity contribution in [2.24, 2.45) is 0 Å². The largest absolute Gasteiger partial charge is 0.352 e. The first-order valence-electron chi connectivity index (χ1n) is 7.16. The first-order valence-corrected chi connectivity index (χ1v) is 8.04. The van der Waals surface area contributed by atoms with Crippen LogP contribution in [0.15, 0.2) is 23.6 Å². The zero-order chi connectivity index (χ0) is 14.1. The number of carbonyl (C=O) groups excluding carboxylic acids is 1. The highest BCUT2D eigenvalue weighted by Gasteiger charge is 2.28. The van der Waals surface area contributed by atoms with E-state index in [1.807, 2.05) is 12.1 Å². The van der Waals surface area contributed by atoms with Crippen molar-refractivity contribution >= 4 is 17.2 Å². The summed E-state index contributed by atoms with van der Waals surface area (Å²) in [5, 5.41) is 5.10. The van der Waals surface area contributed by atoms with Crippen LogP contribution in [-0.2, 0) is 6.42 Å². The summed E-state index contributed by atoms with van der Waals surface area (Å²) >= 11 is 1.74. The second-order valence-corrected chi connectivity index (χ2v) is 6.50. The van der Waals surface area contributed by atoms with Crippen LogP contribution < -0.4 is 5.32 Å². The van der Waals surface area contributed by atoms with Gasteiger partial charge in [-0.3, -0.25) is 4.79 Å². The lowest BCUT2D eigenvalue weighted by Crippen LogP contribution is -2.26. The van der Waals surface area contributed by atoms with Crippen LogP contribution in [0.5, 0.6) is 0 Å². The van der Waals surface area contributed by atoms with Crippen molar-refractivity contribution in [2.45, 2.75) is 39.2 Å². The lowest BCUT2D eigenvalue weighted by atomic mass is 10.2. The molecule has 1 N–H and O–H groups in total. The van der Waals surface area contributed by atoms with E-state index in [-0.39, 0.29) is 5.91 Å². The summed E-state index contributed by atoms with van der Waals surface area (Å²) in [4.78, 5) is 13.6. The van der Waals surface area contributed by atoms with Gasteiger partial charge in [-0.25, -0.2) is 0 Å². The van der Waals surface area contributed by atoms with Crippen LogP contribution >= 0.6 is 11.3 Å². The standard InChI is InChI=1S/C16H20N2OS/c1-11-10-15(12(2)18(11)13-5-6-13)16(19)17-8-7-14-4-3-9-20-14/h3-4,9-10,13H,5-8H2,1-2H3,(H,17,19). The van der Waals surface area contributed by atoms with Gasteiger partial charge in [-0.05, 0) is 50.6 Å². The van der Waals surface area contributed by atoms with Crippen LogP contribution in [-0.4, -0.2) is 17.0 Å². The second kappa shape index (κ2) is 5.44. The van der Waals surface area contributed by atoms with Crippen LogP contribution in [0.2, 0.25) is 0 Å². The van der Waals surface area contributed by atoms with Crippen LogP contribution in [0.25, 0.3) is 0 Å². The molecule has 0 radical (unpaired) electrons. The summed E-state index contributed by atoms with van der Waals surface area (Å²) < 4.78 is 2.31. The van der Waals surface area contributed by atoms with E-state index in [1.165, 1.54) is 23.4 Å². The van der Waals surface area contributed by atoms with Crippen molar-refractivity contribution in [3.63, 3.8) is 0 Å². The molecule has 1 amide bonds. The molecule has 2 aromatic heterocycles. The van der Waals surface area contributed by atoms with Gasteiger partial charge < -0.3 is 9.88 Å². The van der Waals surface area contributed by atoms with Crippen molar-refractivity contribution in [2.75, 3.05) is 6.54 Å². The molecule has 3 rings (SSSR count). The second-order valence-electron chi connectivity index (χ2n) is 5.47. The van der Waals surface area contributed by atoms with Gasteiger partial charge in [0.1, 0.15) is 0 Å². The molecule has 0 unspecified atom stereocenters. The minimum Gasteiger partial charge on any atom is -0.352 e. The Labute approximate surface area is 123 Å². The Kier molecular flexibility index (Phi) is 3.66. The van der Waals surface area contributed by atoms with Gasteiger partial charge in [0.25, 0.3) is 5.91 Å². The van der Waals surface area contributed by atoms with Gasteiger partial charge >= 0.3 is 0 Å². The van der Waals surface area contributed by atoms with Crippen molar-refractivity contribution < 1.29 is 4.79 Å². The molecule has 0 saturated heterocycles. The lowest BCUT2D eigenvalue weighted by Gasteiger charge is -2.08. The molecule has 1 aliphatic rings. The Balaban J connectivity index is 1.63. The van der Waals surface area contributed by atoms with Crippen LogP contribution in [0.3, 0.4) is 0 Å². The Morgan fingerprint density at radius 1 is 1.45 bits per heavy atom. The van der Waals surface area contributed by atoms with Gasteiger partial charge in [0.05, 0.1) is 5.56 Å². The van der Waals surface area contributed by atoms with Gasteiger partial charge in [-0.15, -0.1) is 11.3 Å². The number of rotatable bonds is 5. The number of nitrogens with one attached hydrogen (secondary N) is 1. The maximum Gasteiger partial charge on any atom is 0.253 e. The molecular formula is C16H20N2OS. The predicted molar refractivity (Wildman–Crippen MR) is 82.5 cm³/mol. The molecule has 0 atom stereocenters. The van der Waals surface area contributed by atoms with Gasteiger partial charge in [-0.1, -0.05) is 6.07 Å². The number of hydrogen-bond donors (Lipinski definition) is 1. The zero-order valence-corrected chi connectivity index (χ0v) is 12.8. The molecular weight excluding hydrogens is 268 g/mol. The Morgan fingerprint density at radius 2 is 2.25 bits per heavy atom. The molecule has 0 spiro atoms. The number of aromatic nitrogens is 1. The van der Waals surface area contributed by atoms with E-state index >= 15 is 0 Å². The van der Waals surface area contributed by atoms with E-state index in [0.717, 1.165) is 17.7 Å². The molecule has 4 heteroatoms. The lowest BCUT2D eigenvalue weighted by molar-refractivity contribution is 0.0953. The highest BCUT2D eigenvalue weighted by molar-refractivity contribution is 7.09. The third-order valence-corrected chi connectivity index (χ3v) is 4.81. The van der Waals surface area contributed by atoms with Gasteiger partial charge in [-0.2, -0.15) is 0 Å². The van der Waals surface area contributed by atoms with E-state index in [0.29, 0.717) is 12.6 Å². The Morgan fingerprint density at radius 3 is 2.90 bits per heavy atom. The number of nitrogens with zero attached hydrogens (tertiary/aromatic N) is 1. The number of amides is 1. The van der Waals surface area contributed by atoms with E-state index in [1.54, 1.807) is 11.3 Å². The first-order chi connectivity index (χ1) is 9.66. The fourth-order valence-electron chi connectivity index (χ4n) is 2.75. The molecule has 0 bridgehead atoms. The summed E-state index contributed by atoms with van der Waals surface area (Å²) in [5.41, 5.74) is 3.15. The summed E-state index contributed by atoms with van der Waals surface area (Å²) in [7, 11) is 0. The molecule has 2 aromatic rings. The third-order valence-electron chi connectivity index (χ3n) is 3.88. The summed E-state index contributed by atoms with van der Waals surface area (Å²) in [5.74, 6) is 0.0570. The highest BCUT2D eigenvalue weighted by Crippen LogP contribution is 2.38. The van der Waals surface area contributed by atoms with Crippen molar-refractivity contribution in [1.29, 1.82) is 0 Å². The van der Waals surface area contributed by atoms with E-state index < -0.39 is 0 Å². The van der Waals surface area contributed by atoms with Gasteiger partial charge in [0.2, 0.25) is 0 Å². The predicted octanol–water partition coefficient (Wildman–Crippen LogP) is 3.47. The SMILES string of the molecule is Cc1cc(C(=O)NCCc2cccs2)c(C)n1C1CC1. The molecule has 0 aliphatic heterocycles. The van der Waals surface area contributed by atoms with Gasteiger partial charge in [0, 0.05) is 28.9 Å². The van der Waals surface area contributed by atoms with Crippen LogP contribution in [0.4, 0.5) is 0 Å². The van der Waals surface area contributed by atoms with Gasteiger partial charge in [0.15, 0.2) is 0 Å². The molecule has 0 aromatic carbocycles. The normalized spacial score (nSPS) is 14.5. The Hall–Kier alpha value is -1.55. The first kappa shape index (κ1) is 13.4. The molecule has 20 heavy (non-hydrogen) atoms. The summed E-state index contributed by atoms with van der Waals surface area (Å²) in [6.45, 7) is 4.85. The maximum absolute atomic E-state index is 12.3. The number of aryl methyl sites for hydroxylation is 1. The topological polar surface area (TPSA) is 34.0 Å². The monoisotopic (exact) mass is 288 g/mol. The van der Waals surface area contributed by atoms with E-state index in [2.05, 4.69) is 35.2 Å². The summed E-state index contributed by atoms with van der Waals surface area (Å²) in [6, 6.07) is 6.80. The third kappa shape index (κ3) is 2.66. The number of thiophene rings is 1. The molecule has 1 aliphatic carbocycles. The molecule has 2 heterocycles. The van der Waals surface area contributed by atoms with Crippen LogP contribution in [0, 0.1) is 13.8 Å². The quantitative estimate of drug-likeness (QED) is 0.898. The number of hydrogen-bond acceptors (Lipinski definition) is 2. The average Bonchev–Trinajstić information content (AvgIpc) is 3.01. The molecule has 106 valence electrons. The molecule has 1 saturated carbocycles. The van der Waals surface area contributed by atoms with E-state index in [4.69, 9.17) is 0 Å². The maximum atomic E-state index is 12.3. The highest BCUT2D eigenvalue weighted by atomic mass is 32.1. The van der Waals surface area contributed by atoms with Crippen molar-refractivity contribution in [1.82, 2.24) is 9.88 Å². The average molecular weight is 288 g/mol. The minimum atomic E-state index is 0.0570. The summed E-state index contributed by atoms with van der Waals surface area (Å²) in [6.07, 6.45) is 3.40. The Bertz CT molecular complexity index is 609. The zero-order valence-electron chi connectivity index (χ0n) is 12.0. The van der Waals surface area contributed by atoms with E-state index in [9.17, 15) is 4.79 Å². The fourth-order valence-corrected chi connectivity index (χ4v) is 3.46. The molecule has 3 nitrogen and oxygen atoms in total. The van der Waals surface area contributed by atoms with Crippen LogP contribution in [0.1, 0.15) is 45.5 Å². The minimum absolute atomic E-state index is 0.0570. The van der Waals surface area contributed by atoms with Crippen molar-refractivity contribution in [3.05, 3.63) is 45.4 Å². The smallest absolute Gasteiger partial charge is 0.253 e. The number of carbonyl (C=O) groups is 1. The fraction of sp³-hybridized carbons (Fsp3) is 0.438.